The Bertz CT molecular complexity index is 1150. The number of carbonyl (C=O) groups excluding carboxylic acids is 1. The SMILES string of the molecule is COc1cccc(OC)c1C(=O)N(c1cccc(C)c1C)S(=O)(=O)c1ccccc1. The number of nitrogens with zero attached hydrogens (tertiary/aromatic N) is 1. The van der Waals surface area contributed by atoms with Gasteiger partial charge in [-0.05, 0) is 55.3 Å². The molecule has 0 aliphatic heterocycles. The van der Waals surface area contributed by atoms with Crippen LogP contribution in [0.15, 0.2) is 71.6 Å². The molecule has 30 heavy (non-hydrogen) atoms. The molecular weight excluding hydrogens is 402 g/mol. The maximum Gasteiger partial charge on any atom is 0.279 e. The summed E-state index contributed by atoms with van der Waals surface area (Å²) in [5, 5.41) is 0. The zero-order valence-corrected chi connectivity index (χ0v) is 18.1. The van der Waals surface area contributed by atoms with E-state index in [1.807, 2.05) is 13.0 Å². The maximum absolute atomic E-state index is 13.8. The number of hydrogen-bond donors (Lipinski definition) is 0. The quantitative estimate of drug-likeness (QED) is 0.587. The summed E-state index contributed by atoms with van der Waals surface area (Å²) in [6.45, 7) is 3.64. The van der Waals surface area contributed by atoms with Gasteiger partial charge in [0.2, 0.25) is 0 Å². The second-order valence-electron chi connectivity index (χ2n) is 6.64. The molecule has 0 unspecified atom stereocenters. The number of anilines is 1. The van der Waals surface area contributed by atoms with E-state index in [1.165, 1.54) is 26.4 Å². The molecule has 3 aromatic rings. The van der Waals surface area contributed by atoms with Crippen molar-refractivity contribution in [2.45, 2.75) is 18.7 Å². The highest BCUT2D eigenvalue weighted by molar-refractivity contribution is 7.93. The molecule has 1 amide bonds. The molecule has 0 bridgehead atoms. The Kier molecular flexibility index (Phi) is 6.12. The predicted molar refractivity (Wildman–Crippen MR) is 116 cm³/mol. The third-order valence-corrected chi connectivity index (χ3v) is 6.61. The van der Waals surface area contributed by atoms with Gasteiger partial charge in [-0.25, -0.2) is 8.42 Å². The number of benzene rings is 3. The molecule has 0 fully saturated rings. The summed E-state index contributed by atoms with van der Waals surface area (Å²) in [6, 6.07) is 17.9. The first-order chi connectivity index (χ1) is 14.3. The zero-order valence-electron chi connectivity index (χ0n) is 17.2. The first kappa shape index (κ1) is 21.4. The number of amides is 1. The highest BCUT2D eigenvalue weighted by atomic mass is 32.2. The van der Waals surface area contributed by atoms with Crippen LogP contribution in [0.2, 0.25) is 0 Å². The van der Waals surface area contributed by atoms with E-state index in [2.05, 4.69) is 0 Å². The first-order valence-corrected chi connectivity index (χ1v) is 10.7. The summed E-state index contributed by atoms with van der Waals surface area (Å²) in [5.74, 6) is -0.322. The summed E-state index contributed by atoms with van der Waals surface area (Å²) in [6.07, 6.45) is 0. The summed E-state index contributed by atoms with van der Waals surface area (Å²) in [7, 11) is -1.39. The minimum Gasteiger partial charge on any atom is -0.496 e. The lowest BCUT2D eigenvalue weighted by Gasteiger charge is -2.26. The second kappa shape index (κ2) is 8.59. The average Bonchev–Trinajstić information content (AvgIpc) is 2.76. The van der Waals surface area contributed by atoms with Gasteiger partial charge in [0.15, 0.2) is 0 Å². The molecule has 3 rings (SSSR count). The van der Waals surface area contributed by atoms with E-state index in [-0.39, 0.29) is 27.6 Å². The molecule has 0 saturated carbocycles. The van der Waals surface area contributed by atoms with Crippen molar-refractivity contribution >= 4 is 21.6 Å². The normalized spacial score (nSPS) is 11.1. The molecule has 0 heterocycles. The fraction of sp³-hybridized carbons (Fsp3) is 0.174. The third-order valence-electron chi connectivity index (χ3n) is 4.90. The Morgan fingerprint density at radius 1 is 0.800 bits per heavy atom. The molecule has 0 aromatic heterocycles. The minimum atomic E-state index is -4.22. The van der Waals surface area contributed by atoms with E-state index in [9.17, 15) is 13.2 Å². The van der Waals surface area contributed by atoms with E-state index in [0.717, 1.165) is 9.87 Å². The van der Waals surface area contributed by atoms with Crippen LogP contribution in [-0.2, 0) is 10.0 Å². The van der Waals surface area contributed by atoms with Crippen LogP contribution in [0.5, 0.6) is 11.5 Å². The summed E-state index contributed by atoms with van der Waals surface area (Å²) < 4.78 is 38.8. The van der Waals surface area contributed by atoms with Gasteiger partial charge in [0.1, 0.15) is 17.1 Å². The molecule has 0 spiro atoms. The minimum absolute atomic E-state index is 0.00752. The topological polar surface area (TPSA) is 72.9 Å². The second-order valence-corrected chi connectivity index (χ2v) is 8.43. The molecule has 6 nitrogen and oxygen atoms in total. The number of aryl methyl sites for hydroxylation is 1. The Labute approximate surface area is 176 Å². The van der Waals surface area contributed by atoms with Crippen molar-refractivity contribution < 1.29 is 22.7 Å². The molecule has 0 saturated heterocycles. The lowest BCUT2D eigenvalue weighted by molar-refractivity contribution is 0.0999. The van der Waals surface area contributed by atoms with Crippen molar-refractivity contribution in [3.63, 3.8) is 0 Å². The Balaban J connectivity index is 2.32. The number of carbonyl (C=O) groups is 1. The average molecular weight is 426 g/mol. The molecule has 7 heteroatoms. The molecule has 0 N–H and O–H groups in total. The number of ether oxygens (including phenoxy) is 2. The van der Waals surface area contributed by atoms with Gasteiger partial charge in [0.05, 0.1) is 24.8 Å². The van der Waals surface area contributed by atoms with E-state index in [1.54, 1.807) is 55.5 Å². The van der Waals surface area contributed by atoms with E-state index >= 15 is 0 Å². The maximum atomic E-state index is 13.8. The van der Waals surface area contributed by atoms with Crippen molar-refractivity contribution in [1.82, 2.24) is 0 Å². The monoisotopic (exact) mass is 425 g/mol. The standard InChI is InChI=1S/C23H23NO5S/c1-16-10-8-13-19(17(16)2)24(30(26,27)18-11-6-5-7-12-18)23(25)22-20(28-3)14-9-15-21(22)29-4/h5-15H,1-4H3. The first-order valence-electron chi connectivity index (χ1n) is 9.24. The van der Waals surface area contributed by atoms with Gasteiger partial charge in [0.25, 0.3) is 15.9 Å². The van der Waals surface area contributed by atoms with Crippen LogP contribution in [0.1, 0.15) is 21.5 Å². The van der Waals surface area contributed by atoms with Crippen LogP contribution < -0.4 is 13.8 Å². The van der Waals surface area contributed by atoms with E-state index in [0.29, 0.717) is 5.56 Å². The van der Waals surface area contributed by atoms with Crippen molar-refractivity contribution in [1.29, 1.82) is 0 Å². The van der Waals surface area contributed by atoms with Gasteiger partial charge >= 0.3 is 0 Å². The Hall–Kier alpha value is -3.32. The molecule has 0 atom stereocenters. The molecular formula is C23H23NO5S. The van der Waals surface area contributed by atoms with Crippen LogP contribution in [0.25, 0.3) is 0 Å². The molecule has 0 aliphatic rings. The van der Waals surface area contributed by atoms with Gasteiger partial charge in [-0.1, -0.05) is 36.4 Å². The number of methoxy groups -OCH3 is 2. The third kappa shape index (κ3) is 3.76. The van der Waals surface area contributed by atoms with E-state index < -0.39 is 15.9 Å². The van der Waals surface area contributed by atoms with Crippen molar-refractivity contribution in [2.24, 2.45) is 0 Å². The van der Waals surface area contributed by atoms with Gasteiger partial charge < -0.3 is 9.47 Å². The predicted octanol–water partition coefficient (Wildman–Crippen LogP) is 4.36. The number of hydrogen-bond acceptors (Lipinski definition) is 5. The highest BCUT2D eigenvalue weighted by Crippen LogP contribution is 2.35. The molecule has 156 valence electrons. The van der Waals surface area contributed by atoms with Crippen molar-refractivity contribution in [3.8, 4) is 11.5 Å². The fourth-order valence-electron chi connectivity index (χ4n) is 3.17. The van der Waals surface area contributed by atoms with Crippen molar-refractivity contribution in [2.75, 3.05) is 18.5 Å². The summed E-state index contributed by atoms with van der Waals surface area (Å²) in [4.78, 5) is 13.8. The summed E-state index contributed by atoms with van der Waals surface area (Å²) >= 11 is 0. The Morgan fingerprint density at radius 2 is 1.37 bits per heavy atom. The van der Waals surface area contributed by atoms with Gasteiger partial charge in [-0.15, -0.1) is 0 Å². The highest BCUT2D eigenvalue weighted by Gasteiger charge is 2.36. The molecule has 0 aliphatic carbocycles. The lowest BCUT2D eigenvalue weighted by Crippen LogP contribution is -2.38. The van der Waals surface area contributed by atoms with Gasteiger partial charge in [-0.3, -0.25) is 4.79 Å². The number of sulfonamides is 1. The van der Waals surface area contributed by atoms with Gasteiger partial charge in [-0.2, -0.15) is 4.31 Å². The van der Waals surface area contributed by atoms with Crippen LogP contribution in [0, 0.1) is 13.8 Å². The largest absolute Gasteiger partial charge is 0.496 e. The molecule has 3 aromatic carbocycles. The van der Waals surface area contributed by atoms with Crippen LogP contribution in [-0.4, -0.2) is 28.5 Å². The van der Waals surface area contributed by atoms with Crippen LogP contribution in [0.4, 0.5) is 5.69 Å². The van der Waals surface area contributed by atoms with Gasteiger partial charge in [0, 0.05) is 0 Å². The number of rotatable bonds is 6. The molecule has 0 radical (unpaired) electrons. The Morgan fingerprint density at radius 3 is 1.93 bits per heavy atom. The van der Waals surface area contributed by atoms with Crippen LogP contribution in [0.3, 0.4) is 0 Å². The summed E-state index contributed by atoms with van der Waals surface area (Å²) in [5.41, 5.74) is 1.85. The van der Waals surface area contributed by atoms with Crippen molar-refractivity contribution in [3.05, 3.63) is 83.4 Å². The zero-order chi connectivity index (χ0) is 21.9. The van der Waals surface area contributed by atoms with Crippen LogP contribution >= 0.6 is 0 Å². The van der Waals surface area contributed by atoms with E-state index in [4.69, 9.17) is 9.47 Å². The lowest BCUT2D eigenvalue weighted by atomic mass is 10.1. The fourth-order valence-corrected chi connectivity index (χ4v) is 4.64. The smallest absolute Gasteiger partial charge is 0.279 e.